The van der Waals surface area contributed by atoms with Gasteiger partial charge >= 0.3 is 0 Å². The van der Waals surface area contributed by atoms with Crippen molar-refractivity contribution in [1.82, 2.24) is 4.90 Å². The van der Waals surface area contributed by atoms with Gasteiger partial charge in [0.1, 0.15) is 5.25 Å². The zero-order chi connectivity index (χ0) is 15.5. The smallest absolute Gasteiger partial charge is 0.241 e. The number of rotatable bonds is 4. The van der Waals surface area contributed by atoms with Crippen LogP contribution in [0.1, 0.15) is 44.9 Å². The molecular formula is C13H23N3O4S. The minimum atomic E-state index is -3.37. The fourth-order valence-electron chi connectivity index (χ4n) is 3.23. The van der Waals surface area contributed by atoms with E-state index in [0.29, 0.717) is 12.8 Å². The molecule has 1 saturated carbocycles. The van der Waals surface area contributed by atoms with Gasteiger partial charge < -0.3 is 15.8 Å². The lowest BCUT2D eigenvalue weighted by Crippen LogP contribution is -2.51. The van der Waals surface area contributed by atoms with Gasteiger partial charge in [-0.05, 0) is 25.7 Å². The highest BCUT2D eigenvalue weighted by Gasteiger charge is 2.40. The van der Waals surface area contributed by atoms with Crippen molar-refractivity contribution < 1.29 is 18.4 Å². The molecule has 0 aromatic heterocycles. The first kappa shape index (κ1) is 16.1. The maximum absolute atomic E-state index is 12.7. The summed E-state index contributed by atoms with van der Waals surface area (Å²) in [5, 5.41) is 10.7. The quantitative estimate of drug-likeness (QED) is 0.339. The molecule has 1 atom stereocenters. The number of amides is 1. The zero-order valence-corrected chi connectivity index (χ0v) is 12.9. The molecule has 1 aliphatic heterocycles. The second kappa shape index (κ2) is 6.64. The lowest BCUT2D eigenvalue weighted by Gasteiger charge is -2.33. The molecule has 2 aliphatic rings. The van der Waals surface area contributed by atoms with Crippen LogP contribution in [0.2, 0.25) is 0 Å². The van der Waals surface area contributed by atoms with Crippen molar-refractivity contribution in [2.75, 3.05) is 12.3 Å². The molecule has 8 heteroatoms. The van der Waals surface area contributed by atoms with E-state index in [1.807, 2.05) is 0 Å². The topological polar surface area (TPSA) is 113 Å². The summed E-state index contributed by atoms with van der Waals surface area (Å²) < 4.78 is 24.3. The lowest BCUT2D eigenvalue weighted by molar-refractivity contribution is -0.132. The van der Waals surface area contributed by atoms with E-state index in [0.717, 1.165) is 32.1 Å². The summed E-state index contributed by atoms with van der Waals surface area (Å²) in [4.78, 5) is 14.2. The number of sulfone groups is 1. The van der Waals surface area contributed by atoms with Gasteiger partial charge in [0.25, 0.3) is 0 Å². The minimum absolute atomic E-state index is 0.00470. The molecule has 1 heterocycles. The molecule has 0 aromatic rings. The van der Waals surface area contributed by atoms with Crippen molar-refractivity contribution in [2.45, 2.75) is 56.2 Å². The van der Waals surface area contributed by atoms with E-state index in [4.69, 9.17) is 10.9 Å². The molecule has 0 spiro atoms. The number of hydrogen-bond donors (Lipinski definition) is 2. The Morgan fingerprint density at radius 2 is 1.81 bits per heavy atom. The van der Waals surface area contributed by atoms with Crippen LogP contribution in [0.25, 0.3) is 0 Å². The summed E-state index contributed by atoms with van der Waals surface area (Å²) in [6, 6.07) is -0.00470. The van der Waals surface area contributed by atoms with E-state index in [9.17, 15) is 13.2 Å². The molecule has 1 aliphatic carbocycles. The first-order valence-corrected chi connectivity index (χ1v) is 9.15. The van der Waals surface area contributed by atoms with Gasteiger partial charge in [-0.2, -0.15) is 0 Å². The largest absolute Gasteiger partial charge is 0.409 e. The number of hydrogen-bond acceptors (Lipinski definition) is 5. The normalized spacial score (nSPS) is 26.7. The third kappa shape index (κ3) is 3.66. The van der Waals surface area contributed by atoms with Crippen LogP contribution in [-0.2, 0) is 14.6 Å². The zero-order valence-electron chi connectivity index (χ0n) is 12.1. The fraction of sp³-hybridized carbons (Fsp3) is 0.846. The Bertz CT molecular complexity index is 512. The van der Waals surface area contributed by atoms with E-state index >= 15 is 0 Å². The Hall–Kier alpha value is -1.31. The number of carbonyl (C=O) groups excluding carboxylic acids is 1. The molecule has 1 unspecified atom stereocenters. The molecule has 120 valence electrons. The summed E-state index contributed by atoms with van der Waals surface area (Å²) in [6.07, 6.45) is 5.46. The van der Waals surface area contributed by atoms with Crippen molar-refractivity contribution in [3.05, 3.63) is 0 Å². The molecule has 3 N–H and O–H groups in total. The molecule has 7 nitrogen and oxygen atoms in total. The Balaban J connectivity index is 2.20. The number of nitrogens with zero attached hydrogens (tertiary/aromatic N) is 2. The Labute approximate surface area is 125 Å². The molecule has 1 amide bonds. The molecule has 2 rings (SSSR count). The van der Waals surface area contributed by atoms with Crippen LogP contribution >= 0.6 is 0 Å². The van der Waals surface area contributed by atoms with Gasteiger partial charge in [-0.15, -0.1) is 0 Å². The van der Waals surface area contributed by atoms with Gasteiger partial charge in [0.2, 0.25) is 5.91 Å². The number of nitrogens with two attached hydrogens (primary N) is 1. The van der Waals surface area contributed by atoms with Gasteiger partial charge in [0, 0.05) is 6.04 Å². The summed E-state index contributed by atoms with van der Waals surface area (Å²) in [5.74, 6) is -0.373. The van der Waals surface area contributed by atoms with Gasteiger partial charge in [-0.1, -0.05) is 24.4 Å². The predicted octanol–water partition coefficient (Wildman–Crippen LogP) is 0.471. The average molecular weight is 317 g/mol. The second-order valence-corrected chi connectivity index (χ2v) is 8.15. The molecule has 0 radical (unpaired) electrons. The van der Waals surface area contributed by atoms with Gasteiger partial charge in [0.05, 0.1) is 12.3 Å². The van der Waals surface area contributed by atoms with Crippen molar-refractivity contribution in [1.29, 1.82) is 0 Å². The predicted molar refractivity (Wildman–Crippen MR) is 78.8 cm³/mol. The van der Waals surface area contributed by atoms with Crippen LogP contribution in [0.3, 0.4) is 0 Å². The van der Waals surface area contributed by atoms with Crippen LogP contribution in [0.5, 0.6) is 0 Å². The average Bonchev–Trinajstić information content (AvgIpc) is 2.97. The van der Waals surface area contributed by atoms with Gasteiger partial charge in [-0.3, -0.25) is 4.79 Å². The monoisotopic (exact) mass is 317 g/mol. The van der Waals surface area contributed by atoms with E-state index in [-0.39, 0.29) is 30.1 Å². The number of amidine groups is 1. The van der Waals surface area contributed by atoms with E-state index in [1.54, 1.807) is 0 Å². The second-order valence-electron chi connectivity index (χ2n) is 5.85. The first-order valence-electron chi connectivity index (χ1n) is 7.44. The van der Waals surface area contributed by atoms with Crippen molar-refractivity contribution in [2.24, 2.45) is 10.9 Å². The van der Waals surface area contributed by atoms with Gasteiger partial charge in [0.15, 0.2) is 15.7 Å². The van der Waals surface area contributed by atoms with Crippen LogP contribution in [0.4, 0.5) is 0 Å². The third-order valence-electron chi connectivity index (χ3n) is 4.36. The Kier molecular flexibility index (Phi) is 5.08. The highest BCUT2D eigenvalue weighted by Crippen LogP contribution is 2.27. The minimum Gasteiger partial charge on any atom is -0.409 e. The van der Waals surface area contributed by atoms with E-state index in [2.05, 4.69) is 5.16 Å². The molecular weight excluding hydrogens is 294 g/mol. The summed E-state index contributed by atoms with van der Waals surface area (Å²) in [5.41, 5.74) is 5.53. The maximum Gasteiger partial charge on any atom is 0.241 e. The van der Waals surface area contributed by atoms with Crippen LogP contribution in [-0.4, -0.2) is 53.9 Å². The Morgan fingerprint density at radius 1 is 1.19 bits per heavy atom. The molecule has 21 heavy (non-hydrogen) atoms. The van der Waals surface area contributed by atoms with Crippen LogP contribution < -0.4 is 5.73 Å². The third-order valence-corrected chi connectivity index (χ3v) is 6.53. The van der Waals surface area contributed by atoms with Crippen LogP contribution in [0.15, 0.2) is 5.16 Å². The highest BCUT2D eigenvalue weighted by molar-refractivity contribution is 7.92. The number of carbonyl (C=O) groups is 1. The summed E-state index contributed by atoms with van der Waals surface area (Å²) in [6.45, 7) is -0.00792. The lowest BCUT2D eigenvalue weighted by atomic mass is 10.1. The molecule has 0 bridgehead atoms. The number of oxime groups is 1. The van der Waals surface area contributed by atoms with Crippen molar-refractivity contribution >= 4 is 21.6 Å². The SMILES string of the molecule is NC(CN(C(=O)C1CCCCS1(=O)=O)C1CCCC1)=NO. The summed E-state index contributed by atoms with van der Waals surface area (Å²) >= 11 is 0. The van der Waals surface area contributed by atoms with E-state index in [1.165, 1.54) is 4.90 Å². The maximum atomic E-state index is 12.7. The standard InChI is InChI=1S/C13H23N3O4S/c14-12(15-18)9-16(10-5-1-2-6-10)13(17)11-7-3-4-8-21(11,19)20/h10-11,18H,1-9H2,(H2,14,15). The van der Waals surface area contributed by atoms with E-state index < -0.39 is 15.1 Å². The highest BCUT2D eigenvalue weighted by atomic mass is 32.2. The summed E-state index contributed by atoms with van der Waals surface area (Å²) in [7, 11) is -3.37. The molecule has 2 fully saturated rings. The first-order chi connectivity index (χ1) is 9.95. The fourth-order valence-corrected chi connectivity index (χ4v) is 5.09. The van der Waals surface area contributed by atoms with Gasteiger partial charge in [-0.25, -0.2) is 8.42 Å². The molecule has 1 saturated heterocycles. The Morgan fingerprint density at radius 3 is 2.38 bits per heavy atom. The van der Waals surface area contributed by atoms with Crippen molar-refractivity contribution in [3.8, 4) is 0 Å². The molecule has 0 aromatic carbocycles. The van der Waals surface area contributed by atoms with Crippen molar-refractivity contribution in [3.63, 3.8) is 0 Å². The van der Waals surface area contributed by atoms with Crippen LogP contribution in [0, 0.1) is 0 Å².